The van der Waals surface area contributed by atoms with Gasteiger partial charge in [-0.15, -0.1) is 0 Å². The fourth-order valence-electron chi connectivity index (χ4n) is 4.65. The van der Waals surface area contributed by atoms with Gasteiger partial charge in [-0.3, -0.25) is 19.8 Å². The van der Waals surface area contributed by atoms with E-state index in [0.717, 1.165) is 13.0 Å². The Balaban J connectivity index is 1.65. The molecule has 3 fully saturated rings. The Bertz CT molecular complexity index is 792. The van der Waals surface area contributed by atoms with Gasteiger partial charge in [0, 0.05) is 6.42 Å². The molecular weight excluding hydrogens is 446 g/mol. The van der Waals surface area contributed by atoms with Gasteiger partial charge in [-0.1, -0.05) is 0 Å². The predicted octanol–water partition coefficient (Wildman–Crippen LogP) is 1.23. The summed E-state index contributed by atoms with van der Waals surface area (Å²) in [5, 5.41) is 6.10. The van der Waals surface area contributed by atoms with Gasteiger partial charge >= 0.3 is 24.0 Å². The summed E-state index contributed by atoms with van der Waals surface area (Å²) in [6.07, 6.45) is 1.98. The molecule has 5 atom stereocenters. The second-order valence-electron chi connectivity index (χ2n) is 10.3. The largest absolute Gasteiger partial charge is 0.468 e. The molecule has 1 amide bonds. The Kier molecular flexibility index (Phi) is 8.07. The highest BCUT2D eigenvalue weighted by molar-refractivity contribution is 5.83. The Labute approximate surface area is 200 Å². The summed E-state index contributed by atoms with van der Waals surface area (Å²) in [6, 6.07) is -1.72. The monoisotopic (exact) mass is 483 g/mol. The molecule has 0 aliphatic carbocycles. The lowest BCUT2D eigenvalue weighted by Gasteiger charge is -2.32. The second-order valence-corrected chi connectivity index (χ2v) is 10.3. The Hall–Kier alpha value is -2.40. The SMILES string of the molecule is COC(=O)[C@]1(C)CCC(OC(=O)[C@@H]2CCC(COC(=O)[C@@H]3CCCN3)N2C(=O)OC(C)(C)C)N1. The van der Waals surface area contributed by atoms with E-state index in [1.807, 2.05) is 0 Å². The van der Waals surface area contributed by atoms with E-state index < -0.39 is 47.5 Å². The van der Waals surface area contributed by atoms with Gasteiger partial charge in [0.15, 0.2) is 6.23 Å². The summed E-state index contributed by atoms with van der Waals surface area (Å²) in [5.74, 6) is -1.38. The first kappa shape index (κ1) is 26.2. The van der Waals surface area contributed by atoms with Gasteiger partial charge in [0.2, 0.25) is 0 Å². The van der Waals surface area contributed by atoms with Crippen LogP contribution in [0.3, 0.4) is 0 Å². The summed E-state index contributed by atoms with van der Waals surface area (Å²) >= 11 is 0. The summed E-state index contributed by atoms with van der Waals surface area (Å²) in [6.45, 7) is 7.66. The summed E-state index contributed by atoms with van der Waals surface area (Å²) < 4.78 is 21.5. The molecule has 0 radical (unpaired) electrons. The van der Waals surface area contributed by atoms with Crippen LogP contribution >= 0.6 is 0 Å². The number of likely N-dealkylation sites (tertiary alicyclic amines) is 1. The van der Waals surface area contributed by atoms with Crippen molar-refractivity contribution in [1.82, 2.24) is 15.5 Å². The number of hydrogen-bond acceptors (Lipinski definition) is 10. The number of rotatable bonds is 6. The van der Waals surface area contributed by atoms with Gasteiger partial charge in [0.05, 0.1) is 13.2 Å². The van der Waals surface area contributed by atoms with Crippen molar-refractivity contribution in [2.45, 2.75) is 102 Å². The van der Waals surface area contributed by atoms with E-state index in [-0.39, 0.29) is 18.6 Å². The van der Waals surface area contributed by atoms with Crippen LogP contribution in [-0.2, 0) is 33.3 Å². The summed E-state index contributed by atoms with van der Waals surface area (Å²) in [4.78, 5) is 51.8. The fraction of sp³-hybridized carbons (Fsp3) is 0.826. The number of amides is 1. The standard InChI is InChI=1S/C23H37N3O8/c1-22(2,3)34-21(30)26-14(13-32-18(27)15-7-6-12-24-15)8-9-16(26)19(28)33-17-10-11-23(4,25-17)20(29)31-5/h14-17,24-25H,6-13H2,1-5H3/t14?,15-,16-,17?,23-/m0/s1. The number of nitrogens with one attached hydrogen (secondary N) is 2. The minimum absolute atomic E-state index is 0.0257. The van der Waals surface area contributed by atoms with Crippen molar-refractivity contribution >= 4 is 24.0 Å². The predicted molar refractivity (Wildman–Crippen MR) is 120 cm³/mol. The minimum atomic E-state index is -0.939. The van der Waals surface area contributed by atoms with Crippen LogP contribution in [0.15, 0.2) is 0 Å². The van der Waals surface area contributed by atoms with Crippen LogP contribution in [-0.4, -0.2) is 84.7 Å². The van der Waals surface area contributed by atoms with E-state index in [2.05, 4.69) is 10.6 Å². The van der Waals surface area contributed by atoms with Crippen LogP contribution in [0, 0.1) is 0 Å². The van der Waals surface area contributed by atoms with Crippen molar-refractivity contribution < 1.29 is 38.1 Å². The first-order chi connectivity index (χ1) is 15.9. The van der Waals surface area contributed by atoms with Gasteiger partial charge in [0.1, 0.15) is 29.8 Å². The zero-order valence-electron chi connectivity index (χ0n) is 20.7. The Morgan fingerprint density at radius 1 is 1.06 bits per heavy atom. The lowest BCUT2D eigenvalue weighted by Crippen LogP contribution is -2.52. The van der Waals surface area contributed by atoms with Crippen molar-refractivity contribution in [3.8, 4) is 0 Å². The maximum atomic E-state index is 13.1. The number of carbonyl (C=O) groups excluding carboxylic acids is 4. The van der Waals surface area contributed by atoms with E-state index in [1.54, 1.807) is 27.7 Å². The van der Waals surface area contributed by atoms with E-state index in [0.29, 0.717) is 32.1 Å². The Morgan fingerprint density at radius 2 is 1.79 bits per heavy atom. The average Bonchev–Trinajstić information content (AvgIpc) is 3.50. The fourth-order valence-corrected chi connectivity index (χ4v) is 4.65. The van der Waals surface area contributed by atoms with Crippen molar-refractivity contribution in [1.29, 1.82) is 0 Å². The number of carbonyl (C=O) groups is 4. The molecule has 34 heavy (non-hydrogen) atoms. The molecule has 2 unspecified atom stereocenters. The molecule has 2 N–H and O–H groups in total. The van der Waals surface area contributed by atoms with Crippen LogP contribution < -0.4 is 10.6 Å². The number of nitrogens with zero attached hydrogens (tertiary/aromatic N) is 1. The number of ether oxygens (including phenoxy) is 4. The van der Waals surface area contributed by atoms with Crippen molar-refractivity contribution in [2.24, 2.45) is 0 Å². The first-order valence-electron chi connectivity index (χ1n) is 11.9. The quantitative estimate of drug-likeness (QED) is 0.420. The minimum Gasteiger partial charge on any atom is -0.468 e. The molecule has 0 bridgehead atoms. The molecule has 11 nitrogen and oxygen atoms in total. The third-order valence-electron chi connectivity index (χ3n) is 6.42. The van der Waals surface area contributed by atoms with Crippen LogP contribution in [0.1, 0.15) is 66.2 Å². The van der Waals surface area contributed by atoms with Gasteiger partial charge < -0.3 is 24.3 Å². The van der Waals surface area contributed by atoms with Crippen molar-refractivity contribution in [2.75, 3.05) is 20.3 Å². The van der Waals surface area contributed by atoms with Crippen LogP contribution in [0.25, 0.3) is 0 Å². The van der Waals surface area contributed by atoms with Crippen molar-refractivity contribution in [3.05, 3.63) is 0 Å². The summed E-state index contributed by atoms with van der Waals surface area (Å²) in [5.41, 5.74) is -1.70. The highest BCUT2D eigenvalue weighted by atomic mass is 16.6. The second kappa shape index (κ2) is 10.5. The molecule has 3 rings (SSSR count). The molecule has 0 aromatic heterocycles. The first-order valence-corrected chi connectivity index (χ1v) is 11.9. The highest BCUT2D eigenvalue weighted by Crippen LogP contribution is 2.30. The van der Waals surface area contributed by atoms with E-state index in [4.69, 9.17) is 18.9 Å². The summed E-state index contributed by atoms with van der Waals surface area (Å²) in [7, 11) is 1.31. The highest BCUT2D eigenvalue weighted by Gasteiger charge is 2.47. The molecule has 0 spiro atoms. The van der Waals surface area contributed by atoms with Crippen LogP contribution in [0.2, 0.25) is 0 Å². The third kappa shape index (κ3) is 6.18. The number of hydrogen-bond donors (Lipinski definition) is 2. The maximum Gasteiger partial charge on any atom is 0.411 e. The van der Waals surface area contributed by atoms with Crippen LogP contribution in [0.4, 0.5) is 4.79 Å². The van der Waals surface area contributed by atoms with Crippen LogP contribution in [0.5, 0.6) is 0 Å². The average molecular weight is 484 g/mol. The topological polar surface area (TPSA) is 132 Å². The Morgan fingerprint density at radius 3 is 2.41 bits per heavy atom. The molecule has 3 aliphatic rings. The molecular formula is C23H37N3O8. The van der Waals surface area contributed by atoms with Gasteiger partial charge in [-0.25, -0.2) is 9.59 Å². The number of esters is 3. The van der Waals surface area contributed by atoms with E-state index in [9.17, 15) is 19.2 Å². The molecule has 3 saturated heterocycles. The lowest BCUT2D eigenvalue weighted by atomic mass is 10.0. The van der Waals surface area contributed by atoms with Crippen molar-refractivity contribution in [3.63, 3.8) is 0 Å². The van der Waals surface area contributed by atoms with E-state index >= 15 is 0 Å². The van der Waals surface area contributed by atoms with Gasteiger partial charge in [0.25, 0.3) is 0 Å². The van der Waals surface area contributed by atoms with Gasteiger partial charge in [-0.2, -0.15) is 0 Å². The molecule has 0 saturated carbocycles. The van der Waals surface area contributed by atoms with Gasteiger partial charge in [-0.05, 0) is 66.3 Å². The normalized spacial score (nSPS) is 31.3. The molecule has 11 heteroatoms. The molecule has 3 aliphatic heterocycles. The smallest absolute Gasteiger partial charge is 0.411 e. The molecule has 192 valence electrons. The molecule has 3 heterocycles. The zero-order valence-corrected chi connectivity index (χ0v) is 20.7. The third-order valence-corrected chi connectivity index (χ3v) is 6.42. The maximum absolute atomic E-state index is 13.1. The molecule has 0 aromatic carbocycles. The number of methoxy groups -OCH3 is 1. The molecule has 0 aromatic rings. The lowest BCUT2D eigenvalue weighted by molar-refractivity contribution is -0.158. The van der Waals surface area contributed by atoms with E-state index in [1.165, 1.54) is 12.0 Å². The zero-order chi connectivity index (χ0) is 25.1.